The minimum absolute atomic E-state index is 0.0493. The normalized spacial score (nSPS) is 12.9. The van der Waals surface area contributed by atoms with Gasteiger partial charge in [0.15, 0.2) is 11.5 Å². The Kier molecular flexibility index (Phi) is 7.78. The van der Waals surface area contributed by atoms with Crippen LogP contribution in [-0.2, 0) is 26.2 Å². The highest BCUT2D eigenvalue weighted by molar-refractivity contribution is 7.89. The summed E-state index contributed by atoms with van der Waals surface area (Å²) in [6.07, 6.45) is 0.687. The number of ether oxygens (including phenoxy) is 2. The molecule has 0 unspecified atom stereocenters. The molecule has 1 heterocycles. The van der Waals surface area contributed by atoms with Crippen molar-refractivity contribution in [1.82, 2.24) is 14.9 Å². The second-order valence-corrected chi connectivity index (χ2v) is 10.3. The molecular weight excluding hydrogens is 465 g/mol. The molecule has 2 N–H and O–H groups in total. The van der Waals surface area contributed by atoms with Gasteiger partial charge in [-0.1, -0.05) is 13.0 Å². The van der Waals surface area contributed by atoms with Gasteiger partial charge in [0.2, 0.25) is 28.6 Å². The van der Waals surface area contributed by atoms with Crippen LogP contribution in [0.5, 0.6) is 11.5 Å². The maximum atomic E-state index is 13.1. The number of hydrogen-bond acceptors (Lipinski definition) is 6. The summed E-state index contributed by atoms with van der Waals surface area (Å²) in [5.74, 6) is -0.448. The number of sulfonamides is 1. The van der Waals surface area contributed by atoms with E-state index in [-0.39, 0.29) is 30.7 Å². The summed E-state index contributed by atoms with van der Waals surface area (Å²) < 4.78 is 51.0. The van der Waals surface area contributed by atoms with Crippen molar-refractivity contribution in [1.29, 1.82) is 0 Å². The van der Waals surface area contributed by atoms with Crippen molar-refractivity contribution in [2.45, 2.75) is 44.2 Å². The molecule has 2 aromatic carbocycles. The van der Waals surface area contributed by atoms with Crippen LogP contribution < -0.4 is 19.5 Å². The molecule has 0 aliphatic carbocycles. The molecule has 0 fully saturated rings. The smallest absolute Gasteiger partial charge is 0.241 e. The van der Waals surface area contributed by atoms with E-state index in [0.29, 0.717) is 23.5 Å². The van der Waals surface area contributed by atoms with Gasteiger partial charge in [0, 0.05) is 12.1 Å². The molecule has 0 spiro atoms. The van der Waals surface area contributed by atoms with Crippen LogP contribution in [0.2, 0.25) is 0 Å². The summed E-state index contributed by atoms with van der Waals surface area (Å²) in [4.78, 5) is 26.7. The zero-order chi connectivity index (χ0) is 24.9. The van der Waals surface area contributed by atoms with Crippen LogP contribution in [0.25, 0.3) is 0 Å². The number of fused-ring (bicyclic) bond motifs is 1. The third kappa shape index (κ3) is 6.67. The lowest BCUT2D eigenvalue weighted by Gasteiger charge is -2.28. The molecular formula is C23H28FN3O6S. The van der Waals surface area contributed by atoms with Gasteiger partial charge in [-0.2, -0.15) is 0 Å². The lowest BCUT2D eigenvalue weighted by molar-refractivity contribution is -0.136. The molecule has 0 atom stereocenters. The van der Waals surface area contributed by atoms with Gasteiger partial charge in [0.1, 0.15) is 5.82 Å². The van der Waals surface area contributed by atoms with E-state index in [4.69, 9.17) is 9.47 Å². The third-order valence-electron chi connectivity index (χ3n) is 5.40. The Morgan fingerprint density at radius 3 is 2.44 bits per heavy atom. The van der Waals surface area contributed by atoms with E-state index in [1.54, 1.807) is 18.2 Å². The van der Waals surface area contributed by atoms with Crippen LogP contribution in [0.15, 0.2) is 47.4 Å². The number of rotatable bonds is 10. The topological polar surface area (TPSA) is 114 Å². The predicted octanol–water partition coefficient (Wildman–Crippen LogP) is 2.17. The summed E-state index contributed by atoms with van der Waals surface area (Å²) in [6.45, 7) is 4.97. The Labute approximate surface area is 198 Å². The number of amides is 2. The van der Waals surface area contributed by atoms with Gasteiger partial charge in [-0.05, 0) is 62.2 Å². The van der Waals surface area contributed by atoms with Gasteiger partial charge >= 0.3 is 0 Å². The largest absolute Gasteiger partial charge is 0.454 e. The summed E-state index contributed by atoms with van der Waals surface area (Å²) in [7, 11) is -4.05. The van der Waals surface area contributed by atoms with Gasteiger partial charge in [0.05, 0.1) is 18.0 Å². The first-order valence-corrected chi connectivity index (χ1v) is 12.2. The molecule has 3 rings (SSSR count). The molecule has 34 heavy (non-hydrogen) atoms. The highest BCUT2D eigenvalue weighted by Crippen LogP contribution is 2.32. The average molecular weight is 494 g/mol. The zero-order valence-electron chi connectivity index (χ0n) is 19.3. The van der Waals surface area contributed by atoms with Gasteiger partial charge in [-0.25, -0.2) is 17.5 Å². The lowest BCUT2D eigenvalue weighted by Crippen LogP contribution is -2.49. The van der Waals surface area contributed by atoms with E-state index in [2.05, 4.69) is 10.0 Å². The quantitative estimate of drug-likeness (QED) is 0.524. The van der Waals surface area contributed by atoms with Gasteiger partial charge < -0.3 is 19.7 Å². The lowest BCUT2D eigenvalue weighted by atomic mass is 10.0. The first-order valence-electron chi connectivity index (χ1n) is 10.7. The number of carbonyl (C=O) groups excluding carboxylic acids is 2. The summed E-state index contributed by atoms with van der Waals surface area (Å²) in [5, 5.41) is 2.87. The molecule has 1 aliphatic rings. The van der Waals surface area contributed by atoms with E-state index < -0.39 is 33.8 Å². The first kappa shape index (κ1) is 25.4. The second kappa shape index (κ2) is 10.4. The standard InChI is InChI=1S/C23H28FN3O6S/c1-4-23(2,3)26-21(28)14-27(13-16-5-10-19-20(11-16)33-15-32-19)22(29)12-25-34(30,31)18-8-6-17(24)7-9-18/h5-11,25H,4,12-15H2,1-3H3,(H,26,28). The number of nitrogens with zero attached hydrogens (tertiary/aromatic N) is 1. The fourth-order valence-electron chi connectivity index (χ4n) is 3.14. The van der Waals surface area contributed by atoms with Crippen LogP contribution in [0, 0.1) is 5.82 Å². The number of halogens is 1. The third-order valence-corrected chi connectivity index (χ3v) is 6.81. The monoisotopic (exact) mass is 493 g/mol. The molecule has 0 saturated carbocycles. The molecule has 0 bridgehead atoms. The average Bonchev–Trinajstić information content (AvgIpc) is 3.25. The van der Waals surface area contributed by atoms with Crippen molar-refractivity contribution in [3.63, 3.8) is 0 Å². The summed E-state index contributed by atoms with van der Waals surface area (Å²) in [6, 6.07) is 9.39. The Balaban J connectivity index is 1.74. The summed E-state index contributed by atoms with van der Waals surface area (Å²) >= 11 is 0. The Morgan fingerprint density at radius 1 is 1.09 bits per heavy atom. The highest BCUT2D eigenvalue weighted by atomic mass is 32.2. The molecule has 2 amide bonds. The van der Waals surface area contributed by atoms with Crippen LogP contribution in [0.4, 0.5) is 4.39 Å². The molecule has 11 heteroatoms. The van der Waals surface area contributed by atoms with Crippen LogP contribution >= 0.6 is 0 Å². The maximum Gasteiger partial charge on any atom is 0.241 e. The zero-order valence-corrected chi connectivity index (χ0v) is 20.1. The van der Waals surface area contributed by atoms with Crippen molar-refractivity contribution in [3.8, 4) is 11.5 Å². The predicted molar refractivity (Wildman–Crippen MR) is 122 cm³/mol. The van der Waals surface area contributed by atoms with Crippen molar-refractivity contribution < 1.29 is 31.9 Å². The van der Waals surface area contributed by atoms with Crippen LogP contribution in [0.1, 0.15) is 32.8 Å². The first-order chi connectivity index (χ1) is 16.0. The van der Waals surface area contributed by atoms with Gasteiger partial charge in [-0.3, -0.25) is 9.59 Å². The fourth-order valence-corrected chi connectivity index (χ4v) is 4.11. The number of nitrogens with one attached hydrogen (secondary N) is 2. The van der Waals surface area contributed by atoms with E-state index in [1.165, 1.54) is 4.90 Å². The van der Waals surface area contributed by atoms with Crippen molar-refractivity contribution >= 4 is 21.8 Å². The highest BCUT2D eigenvalue weighted by Gasteiger charge is 2.25. The Bertz CT molecular complexity index is 1150. The molecule has 2 aromatic rings. The summed E-state index contributed by atoms with van der Waals surface area (Å²) in [5.41, 5.74) is 0.218. The van der Waals surface area contributed by atoms with E-state index >= 15 is 0 Å². The second-order valence-electron chi connectivity index (χ2n) is 8.50. The molecule has 1 aliphatic heterocycles. The fraction of sp³-hybridized carbons (Fsp3) is 0.391. The van der Waals surface area contributed by atoms with Crippen molar-refractivity contribution in [2.75, 3.05) is 19.9 Å². The number of carbonyl (C=O) groups is 2. The van der Waals surface area contributed by atoms with E-state index in [1.807, 2.05) is 20.8 Å². The van der Waals surface area contributed by atoms with Crippen LogP contribution in [-0.4, -0.2) is 50.6 Å². The Morgan fingerprint density at radius 2 is 1.76 bits per heavy atom. The minimum Gasteiger partial charge on any atom is -0.454 e. The molecule has 0 saturated heterocycles. The molecule has 184 valence electrons. The molecule has 9 nitrogen and oxygen atoms in total. The van der Waals surface area contributed by atoms with Crippen molar-refractivity contribution in [2.24, 2.45) is 0 Å². The SMILES string of the molecule is CCC(C)(C)NC(=O)CN(Cc1ccc2c(c1)OCO2)C(=O)CNS(=O)(=O)c1ccc(F)cc1. The van der Waals surface area contributed by atoms with Gasteiger partial charge in [0.25, 0.3) is 0 Å². The maximum absolute atomic E-state index is 13.1. The van der Waals surface area contributed by atoms with Gasteiger partial charge in [-0.15, -0.1) is 0 Å². The number of benzene rings is 2. The molecule has 0 aromatic heterocycles. The van der Waals surface area contributed by atoms with Crippen LogP contribution in [0.3, 0.4) is 0 Å². The Hall–Kier alpha value is -3.18. The van der Waals surface area contributed by atoms with Crippen molar-refractivity contribution in [3.05, 3.63) is 53.8 Å². The van der Waals surface area contributed by atoms with E-state index in [9.17, 15) is 22.4 Å². The molecule has 0 radical (unpaired) electrons. The minimum atomic E-state index is -4.05. The van der Waals surface area contributed by atoms with E-state index in [0.717, 1.165) is 24.3 Å². The number of hydrogen-bond donors (Lipinski definition) is 2.